The molecule has 4 unspecified atom stereocenters. The van der Waals surface area contributed by atoms with Gasteiger partial charge in [-0.05, 0) is 50.5 Å². The lowest BCUT2D eigenvalue weighted by Crippen LogP contribution is -2.43. The number of likely N-dealkylation sites (N-methyl/N-ethyl adjacent to an activating group) is 1. The Bertz CT molecular complexity index is 262. The van der Waals surface area contributed by atoms with E-state index in [0.717, 1.165) is 31.9 Å². The van der Waals surface area contributed by atoms with Crippen LogP contribution < -0.4 is 0 Å². The summed E-state index contributed by atoms with van der Waals surface area (Å²) in [5, 5.41) is 10.3. The Kier molecular flexibility index (Phi) is 6.28. The second-order valence-corrected chi connectivity index (χ2v) is 7.45. The summed E-state index contributed by atoms with van der Waals surface area (Å²) in [5.41, 5.74) is 0.356. The standard InChI is InChI=1S/C16H33NO2/c1-12(11-19-6)17(5)10-13-9-14(16(2,3)4)7-8-15(13)18/h12-15,18H,7-11H2,1-6H3. The van der Waals surface area contributed by atoms with E-state index < -0.39 is 0 Å². The first-order valence-corrected chi connectivity index (χ1v) is 7.63. The summed E-state index contributed by atoms with van der Waals surface area (Å²) >= 11 is 0. The zero-order valence-electron chi connectivity index (χ0n) is 13.6. The fourth-order valence-electron chi connectivity index (χ4n) is 3.15. The number of nitrogens with zero attached hydrogens (tertiary/aromatic N) is 1. The molecule has 1 N–H and O–H groups in total. The molecule has 3 heteroatoms. The van der Waals surface area contributed by atoms with E-state index in [-0.39, 0.29) is 6.10 Å². The fourth-order valence-corrected chi connectivity index (χ4v) is 3.15. The molecular weight excluding hydrogens is 238 g/mol. The number of methoxy groups -OCH3 is 1. The minimum atomic E-state index is -0.129. The van der Waals surface area contributed by atoms with Crippen molar-refractivity contribution in [2.75, 3.05) is 27.3 Å². The van der Waals surface area contributed by atoms with Gasteiger partial charge in [-0.1, -0.05) is 20.8 Å². The maximum absolute atomic E-state index is 10.3. The number of aliphatic hydroxyl groups excluding tert-OH is 1. The maximum Gasteiger partial charge on any atom is 0.0615 e. The summed E-state index contributed by atoms with van der Waals surface area (Å²) in [6.07, 6.45) is 3.14. The molecule has 0 bridgehead atoms. The highest BCUT2D eigenvalue weighted by atomic mass is 16.5. The minimum Gasteiger partial charge on any atom is -0.393 e. The van der Waals surface area contributed by atoms with Gasteiger partial charge in [-0.25, -0.2) is 0 Å². The quantitative estimate of drug-likeness (QED) is 0.834. The maximum atomic E-state index is 10.3. The Labute approximate surface area is 119 Å². The van der Waals surface area contributed by atoms with Crippen LogP contribution in [-0.4, -0.2) is 49.5 Å². The van der Waals surface area contributed by atoms with Gasteiger partial charge in [0, 0.05) is 19.7 Å². The summed E-state index contributed by atoms with van der Waals surface area (Å²) < 4.78 is 5.21. The molecule has 114 valence electrons. The normalized spacial score (nSPS) is 30.6. The number of hydrogen-bond donors (Lipinski definition) is 1. The number of ether oxygens (including phenoxy) is 1. The Morgan fingerprint density at radius 3 is 2.47 bits per heavy atom. The average molecular weight is 271 g/mol. The van der Waals surface area contributed by atoms with Crippen LogP contribution in [0.3, 0.4) is 0 Å². The van der Waals surface area contributed by atoms with Crippen molar-refractivity contribution in [2.24, 2.45) is 17.3 Å². The predicted octanol–water partition coefficient (Wildman–Crippen LogP) is 2.78. The Balaban J connectivity index is 2.55. The second kappa shape index (κ2) is 7.05. The molecule has 0 heterocycles. The van der Waals surface area contributed by atoms with E-state index in [1.54, 1.807) is 7.11 Å². The zero-order valence-corrected chi connectivity index (χ0v) is 13.6. The largest absolute Gasteiger partial charge is 0.393 e. The highest BCUT2D eigenvalue weighted by molar-refractivity contribution is 4.87. The summed E-state index contributed by atoms with van der Waals surface area (Å²) in [6.45, 7) is 10.9. The van der Waals surface area contributed by atoms with Crippen molar-refractivity contribution in [1.29, 1.82) is 0 Å². The van der Waals surface area contributed by atoms with Gasteiger partial charge < -0.3 is 14.7 Å². The molecule has 19 heavy (non-hydrogen) atoms. The van der Waals surface area contributed by atoms with E-state index in [0.29, 0.717) is 17.4 Å². The number of rotatable bonds is 5. The first kappa shape index (κ1) is 16.9. The lowest BCUT2D eigenvalue weighted by atomic mass is 9.68. The van der Waals surface area contributed by atoms with Crippen molar-refractivity contribution >= 4 is 0 Å². The molecule has 0 radical (unpaired) electrons. The summed E-state index contributed by atoms with van der Waals surface area (Å²) in [4.78, 5) is 2.32. The van der Waals surface area contributed by atoms with Crippen molar-refractivity contribution < 1.29 is 9.84 Å². The van der Waals surface area contributed by atoms with Crippen LogP contribution in [0.2, 0.25) is 0 Å². The van der Waals surface area contributed by atoms with Crippen molar-refractivity contribution in [1.82, 2.24) is 4.90 Å². The van der Waals surface area contributed by atoms with Gasteiger partial charge in [0.15, 0.2) is 0 Å². The van der Waals surface area contributed by atoms with Crippen LogP contribution in [0.25, 0.3) is 0 Å². The molecule has 1 aliphatic carbocycles. The second-order valence-electron chi connectivity index (χ2n) is 7.45. The van der Waals surface area contributed by atoms with Crippen molar-refractivity contribution in [3.05, 3.63) is 0 Å². The van der Waals surface area contributed by atoms with E-state index in [1.165, 1.54) is 6.42 Å². The van der Waals surface area contributed by atoms with Gasteiger partial charge in [0.05, 0.1) is 12.7 Å². The van der Waals surface area contributed by atoms with Gasteiger partial charge in [0.25, 0.3) is 0 Å². The Hall–Kier alpha value is -0.120. The molecule has 3 nitrogen and oxygen atoms in total. The van der Waals surface area contributed by atoms with E-state index >= 15 is 0 Å². The van der Waals surface area contributed by atoms with Gasteiger partial charge in [-0.2, -0.15) is 0 Å². The summed E-state index contributed by atoms with van der Waals surface area (Å²) in [6, 6.07) is 0.409. The highest BCUT2D eigenvalue weighted by Crippen LogP contribution is 2.40. The van der Waals surface area contributed by atoms with Crippen molar-refractivity contribution in [3.63, 3.8) is 0 Å². The van der Waals surface area contributed by atoms with Crippen LogP contribution in [0.5, 0.6) is 0 Å². The number of aliphatic hydroxyl groups is 1. The molecule has 1 fully saturated rings. The van der Waals surface area contributed by atoms with Gasteiger partial charge in [-0.15, -0.1) is 0 Å². The minimum absolute atomic E-state index is 0.129. The van der Waals surface area contributed by atoms with Crippen LogP contribution in [-0.2, 0) is 4.74 Å². The summed E-state index contributed by atoms with van der Waals surface area (Å²) in [7, 11) is 3.88. The topological polar surface area (TPSA) is 32.7 Å². The molecule has 1 saturated carbocycles. The highest BCUT2D eigenvalue weighted by Gasteiger charge is 2.35. The lowest BCUT2D eigenvalue weighted by molar-refractivity contribution is -0.00299. The van der Waals surface area contributed by atoms with Crippen LogP contribution in [0.1, 0.15) is 47.0 Å². The molecule has 0 aromatic carbocycles. The fraction of sp³-hybridized carbons (Fsp3) is 1.00. The third-order valence-electron chi connectivity index (χ3n) is 4.85. The van der Waals surface area contributed by atoms with Gasteiger partial charge in [0.1, 0.15) is 0 Å². The van der Waals surface area contributed by atoms with Crippen LogP contribution in [0.4, 0.5) is 0 Å². The molecule has 0 amide bonds. The van der Waals surface area contributed by atoms with E-state index in [9.17, 15) is 5.11 Å². The molecule has 0 spiro atoms. The lowest BCUT2D eigenvalue weighted by Gasteiger charge is -2.42. The van der Waals surface area contributed by atoms with Crippen LogP contribution >= 0.6 is 0 Å². The molecule has 4 atom stereocenters. The Morgan fingerprint density at radius 1 is 1.32 bits per heavy atom. The molecule has 0 aromatic rings. The molecule has 1 aliphatic rings. The average Bonchev–Trinajstić information content (AvgIpc) is 2.30. The Morgan fingerprint density at radius 2 is 1.95 bits per heavy atom. The zero-order chi connectivity index (χ0) is 14.6. The molecular formula is C16H33NO2. The predicted molar refractivity (Wildman–Crippen MR) is 80.3 cm³/mol. The summed E-state index contributed by atoms with van der Waals surface area (Å²) in [5.74, 6) is 1.13. The monoisotopic (exact) mass is 271 g/mol. The third kappa shape index (κ3) is 5.05. The van der Waals surface area contributed by atoms with Crippen molar-refractivity contribution in [3.8, 4) is 0 Å². The van der Waals surface area contributed by atoms with Crippen LogP contribution in [0, 0.1) is 17.3 Å². The first-order valence-electron chi connectivity index (χ1n) is 7.63. The molecule has 0 aliphatic heterocycles. The van der Waals surface area contributed by atoms with Crippen LogP contribution in [0.15, 0.2) is 0 Å². The van der Waals surface area contributed by atoms with E-state index in [1.807, 2.05) is 0 Å². The number of hydrogen-bond acceptors (Lipinski definition) is 3. The van der Waals surface area contributed by atoms with Crippen molar-refractivity contribution in [2.45, 2.75) is 59.1 Å². The molecule has 0 saturated heterocycles. The molecule has 0 aromatic heterocycles. The first-order chi connectivity index (χ1) is 8.75. The van der Waals surface area contributed by atoms with Gasteiger partial charge in [-0.3, -0.25) is 0 Å². The third-order valence-corrected chi connectivity index (χ3v) is 4.85. The van der Waals surface area contributed by atoms with Gasteiger partial charge in [0.2, 0.25) is 0 Å². The van der Waals surface area contributed by atoms with Gasteiger partial charge >= 0.3 is 0 Å². The SMILES string of the molecule is COCC(C)N(C)CC1CC(C(C)(C)C)CCC1O. The van der Waals surface area contributed by atoms with E-state index in [4.69, 9.17) is 4.74 Å². The smallest absolute Gasteiger partial charge is 0.0615 e. The van der Waals surface area contributed by atoms with E-state index in [2.05, 4.69) is 39.6 Å². The molecule has 1 rings (SSSR count).